The van der Waals surface area contributed by atoms with E-state index < -0.39 is 0 Å². The Morgan fingerprint density at radius 2 is 1.85 bits per heavy atom. The molecular formula is C17H16N2O. The number of nitrogens with zero attached hydrogens (tertiary/aromatic N) is 1. The minimum Gasteiger partial charge on any atom is -0.487 e. The zero-order valence-electron chi connectivity index (χ0n) is 11.3. The van der Waals surface area contributed by atoms with Gasteiger partial charge in [0.05, 0.1) is 0 Å². The van der Waals surface area contributed by atoms with Gasteiger partial charge in [0.2, 0.25) is 0 Å². The lowest BCUT2D eigenvalue weighted by atomic mass is 10.1. The Bertz CT molecular complexity index is 739. The van der Waals surface area contributed by atoms with E-state index in [2.05, 4.69) is 4.98 Å². The minimum absolute atomic E-state index is 0.523. The van der Waals surface area contributed by atoms with E-state index in [0.717, 1.165) is 33.6 Å². The second-order valence-corrected chi connectivity index (χ2v) is 4.78. The molecule has 0 unspecified atom stereocenters. The number of aryl methyl sites for hydroxylation is 1. The number of benzene rings is 2. The first-order valence-corrected chi connectivity index (χ1v) is 6.56. The van der Waals surface area contributed by atoms with Gasteiger partial charge in [-0.05, 0) is 24.6 Å². The molecule has 0 fully saturated rings. The van der Waals surface area contributed by atoms with Crippen molar-refractivity contribution in [1.29, 1.82) is 0 Å². The maximum Gasteiger partial charge on any atom is 0.146 e. The molecule has 3 heteroatoms. The summed E-state index contributed by atoms with van der Waals surface area (Å²) in [6, 6.07) is 17.8. The van der Waals surface area contributed by atoms with Crippen LogP contribution in [0.2, 0.25) is 0 Å². The lowest BCUT2D eigenvalue weighted by molar-refractivity contribution is 0.309. The van der Waals surface area contributed by atoms with Crippen LogP contribution in [0.5, 0.6) is 5.75 Å². The van der Waals surface area contributed by atoms with Gasteiger partial charge in [-0.25, -0.2) is 4.98 Å². The third-order valence-electron chi connectivity index (χ3n) is 3.20. The summed E-state index contributed by atoms with van der Waals surface area (Å²) in [5.74, 6) is 0.766. The first kappa shape index (κ1) is 12.5. The summed E-state index contributed by atoms with van der Waals surface area (Å²) in [4.78, 5) is 4.54. The molecule has 0 amide bonds. The van der Waals surface area contributed by atoms with E-state index in [1.165, 1.54) is 0 Å². The Balaban J connectivity index is 1.95. The number of aromatic nitrogens is 1. The molecule has 0 spiro atoms. The van der Waals surface area contributed by atoms with Crippen LogP contribution in [0, 0.1) is 6.92 Å². The molecule has 3 nitrogen and oxygen atoms in total. The topological polar surface area (TPSA) is 48.1 Å². The molecule has 0 aliphatic rings. The smallest absolute Gasteiger partial charge is 0.146 e. The number of nitrogens with two attached hydrogens (primary N) is 1. The first-order valence-electron chi connectivity index (χ1n) is 6.56. The standard InChI is InChI=1S/C17H16N2O/c1-12-10-15(18)14-8-5-9-16(17(14)19-12)20-11-13-6-3-2-4-7-13/h2-10H,11H2,1H3,(H2,18,19). The van der Waals surface area contributed by atoms with E-state index in [0.29, 0.717) is 6.61 Å². The quantitative estimate of drug-likeness (QED) is 0.784. The third-order valence-corrected chi connectivity index (χ3v) is 3.20. The number of hydrogen-bond donors (Lipinski definition) is 1. The highest BCUT2D eigenvalue weighted by atomic mass is 16.5. The summed E-state index contributed by atoms with van der Waals surface area (Å²) in [6.45, 7) is 2.46. The molecule has 2 N–H and O–H groups in total. The van der Waals surface area contributed by atoms with Gasteiger partial charge in [-0.15, -0.1) is 0 Å². The van der Waals surface area contributed by atoms with Crippen LogP contribution >= 0.6 is 0 Å². The van der Waals surface area contributed by atoms with E-state index in [1.54, 1.807) is 0 Å². The SMILES string of the molecule is Cc1cc(N)c2cccc(OCc3ccccc3)c2n1. The first-order chi connectivity index (χ1) is 9.74. The number of fused-ring (bicyclic) bond motifs is 1. The molecule has 3 aromatic rings. The van der Waals surface area contributed by atoms with Crippen LogP contribution in [0.1, 0.15) is 11.3 Å². The lowest BCUT2D eigenvalue weighted by Gasteiger charge is -2.10. The molecule has 100 valence electrons. The predicted molar refractivity (Wildman–Crippen MR) is 81.7 cm³/mol. The van der Waals surface area contributed by atoms with Gasteiger partial charge in [0.25, 0.3) is 0 Å². The average molecular weight is 264 g/mol. The number of pyridine rings is 1. The predicted octanol–water partition coefficient (Wildman–Crippen LogP) is 3.70. The van der Waals surface area contributed by atoms with Crippen LogP contribution in [0.4, 0.5) is 5.69 Å². The number of ether oxygens (including phenoxy) is 1. The highest BCUT2D eigenvalue weighted by molar-refractivity contribution is 5.94. The Morgan fingerprint density at radius 3 is 2.65 bits per heavy atom. The Kier molecular flexibility index (Phi) is 3.25. The molecular weight excluding hydrogens is 248 g/mol. The molecule has 1 aromatic heterocycles. The zero-order chi connectivity index (χ0) is 13.9. The fourth-order valence-corrected chi connectivity index (χ4v) is 2.23. The fourth-order valence-electron chi connectivity index (χ4n) is 2.23. The van der Waals surface area contributed by atoms with Crippen molar-refractivity contribution in [3.63, 3.8) is 0 Å². The number of hydrogen-bond acceptors (Lipinski definition) is 3. The van der Waals surface area contributed by atoms with Crippen molar-refractivity contribution in [2.45, 2.75) is 13.5 Å². The molecule has 0 aliphatic heterocycles. The van der Waals surface area contributed by atoms with Crippen molar-refractivity contribution in [1.82, 2.24) is 4.98 Å². The fraction of sp³-hybridized carbons (Fsp3) is 0.118. The summed E-state index contributed by atoms with van der Waals surface area (Å²) in [7, 11) is 0. The van der Waals surface area contributed by atoms with Gasteiger partial charge >= 0.3 is 0 Å². The highest BCUT2D eigenvalue weighted by Crippen LogP contribution is 2.28. The highest BCUT2D eigenvalue weighted by Gasteiger charge is 2.07. The number of para-hydroxylation sites is 1. The average Bonchev–Trinajstić information content (AvgIpc) is 2.46. The van der Waals surface area contributed by atoms with Gasteiger partial charge in [0.1, 0.15) is 17.9 Å². The maximum absolute atomic E-state index is 6.04. The normalized spacial score (nSPS) is 10.7. The van der Waals surface area contributed by atoms with Crippen LogP contribution in [0.15, 0.2) is 54.6 Å². The van der Waals surface area contributed by atoms with Crippen molar-refractivity contribution >= 4 is 16.6 Å². The van der Waals surface area contributed by atoms with Crippen LogP contribution < -0.4 is 10.5 Å². The number of nitrogen functional groups attached to an aromatic ring is 1. The van der Waals surface area contributed by atoms with Crippen LogP contribution in [-0.4, -0.2) is 4.98 Å². The van der Waals surface area contributed by atoms with Gasteiger partial charge in [-0.2, -0.15) is 0 Å². The van der Waals surface area contributed by atoms with Gasteiger partial charge in [0, 0.05) is 16.8 Å². The Labute approximate surface area is 118 Å². The molecule has 0 radical (unpaired) electrons. The summed E-state index contributed by atoms with van der Waals surface area (Å²) in [5.41, 5.74) is 9.62. The largest absolute Gasteiger partial charge is 0.487 e. The maximum atomic E-state index is 6.04. The van der Waals surface area contributed by atoms with Crippen molar-refractivity contribution < 1.29 is 4.74 Å². The van der Waals surface area contributed by atoms with E-state index in [-0.39, 0.29) is 0 Å². The molecule has 0 bridgehead atoms. The van der Waals surface area contributed by atoms with Crippen molar-refractivity contribution in [3.05, 3.63) is 65.9 Å². The summed E-state index contributed by atoms with van der Waals surface area (Å²) in [6.07, 6.45) is 0. The molecule has 2 aromatic carbocycles. The monoisotopic (exact) mass is 264 g/mol. The Hall–Kier alpha value is -2.55. The molecule has 20 heavy (non-hydrogen) atoms. The van der Waals surface area contributed by atoms with Crippen molar-refractivity contribution in [2.24, 2.45) is 0 Å². The second kappa shape index (κ2) is 5.21. The molecule has 0 atom stereocenters. The lowest BCUT2D eigenvalue weighted by Crippen LogP contribution is -1.98. The summed E-state index contributed by atoms with van der Waals surface area (Å²) < 4.78 is 5.90. The van der Waals surface area contributed by atoms with Crippen LogP contribution in [0.25, 0.3) is 10.9 Å². The number of rotatable bonds is 3. The zero-order valence-corrected chi connectivity index (χ0v) is 11.3. The number of anilines is 1. The van der Waals surface area contributed by atoms with Crippen LogP contribution in [0.3, 0.4) is 0 Å². The van der Waals surface area contributed by atoms with Gasteiger partial charge in [-0.3, -0.25) is 0 Å². The van der Waals surface area contributed by atoms with E-state index in [4.69, 9.17) is 10.5 Å². The van der Waals surface area contributed by atoms with Crippen molar-refractivity contribution in [2.75, 3.05) is 5.73 Å². The van der Waals surface area contributed by atoms with Gasteiger partial charge < -0.3 is 10.5 Å². The second-order valence-electron chi connectivity index (χ2n) is 4.78. The molecule has 3 rings (SSSR count). The Morgan fingerprint density at radius 1 is 1.05 bits per heavy atom. The van der Waals surface area contributed by atoms with Gasteiger partial charge in [-0.1, -0.05) is 42.5 Å². The molecule has 0 aliphatic carbocycles. The van der Waals surface area contributed by atoms with E-state index in [1.807, 2.05) is 61.5 Å². The molecule has 1 heterocycles. The van der Waals surface area contributed by atoms with E-state index >= 15 is 0 Å². The molecule has 0 saturated carbocycles. The van der Waals surface area contributed by atoms with Gasteiger partial charge in [0.15, 0.2) is 0 Å². The van der Waals surface area contributed by atoms with Crippen molar-refractivity contribution in [3.8, 4) is 5.75 Å². The summed E-state index contributed by atoms with van der Waals surface area (Å²) in [5, 5.41) is 0.932. The van der Waals surface area contributed by atoms with Crippen LogP contribution in [-0.2, 0) is 6.61 Å². The minimum atomic E-state index is 0.523. The molecule has 0 saturated heterocycles. The van der Waals surface area contributed by atoms with E-state index in [9.17, 15) is 0 Å². The third kappa shape index (κ3) is 2.43. The summed E-state index contributed by atoms with van der Waals surface area (Å²) >= 11 is 0.